The van der Waals surface area contributed by atoms with E-state index in [1.165, 1.54) is 6.07 Å². The van der Waals surface area contributed by atoms with Crippen molar-refractivity contribution in [1.29, 1.82) is 0 Å². The third-order valence-electron chi connectivity index (χ3n) is 4.53. The molecule has 1 fully saturated rings. The highest BCUT2D eigenvalue weighted by Crippen LogP contribution is 2.44. The molecule has 1 aromatic rings. The van der Waals surface area contributed by atoms with E-state index in [9.17, 15) is 13.2 Å². The average Bonchev–Trinajstić information content (AvgIpc) is 3.39. The molecule has 1 aliphatic rings. The van der Waals surface area contributed by atoms with Crippen LogP contribution < -0.4 is 15.8 Å². The van der Waals surface area contributed by atoms with Crippen molar-refractivity contribution >= 4 is 5.84 Å². The lowest BCUT2D eigenvalue weighted by atomic mass is 9.85. The second-order valence-electron chi connectivity index (χ2n) is 8.07. The minimum Gasteiger partial charge on any atom is -0.484 e. The Hall–Kier alpha value is -1.83. The van der Waals surface area contributed by atoms with E-state index in [-0.39, 0.29) is 29.0 Å². The fraction of sp³-hybridized carbons (Fsp3) is 0.684. The molecule has 1 atom stereocenters. The van der Waals surface area contributed by atoms with Crippen LogP contribution in [0, 0.1) is 5.41 Å². The predicted molar refractivity (Wildman–Crippen MR) is 100 cm³/mol. The Labute approximate surface area is 158 Å². The number of nitrogens with zero attached hydrogens (tertiary/aromatic N) is 2. The molecule has 8 heteroatoms. The van der Waals surface area contributed by atoms with Crippen LogP contribution in [-0.2, 0) is 0 Å². The van der Waals surface area contributed by atoms with Crippen molar-refractivity contribution < 1.29 is 17.9 Å². The number of hydrogen-bond acceptors (Lipinski definition) is 4. The van der Waals surface area contributed by atoms with Gasteiger partial charge in [0, 0.05) is 17.8 Å². The molecule has 0 amide bonds. The van der Waals surface area contributed by atoms with Gasteiger partial charge in [0.15, 0.2) is 6.61 Å². The van der Waals surface area contributed by atoms with E-state index in [0.29, 0.717) is 11.3 Å². The zero-order chi connectivity index (χ0) is 20.2. The minimum atomic E-state index is -4.39. The van der Waals surface area contributed by atoms with Crippen molar-refractivity contribution in [1.82, 2.24) is 10.3 Å². The molecule has 5 nitrogen and oxygen atoms in total. The van der Waals surface area contributed by atoms with Gasteiger partial charge < -0.3 is 15.8 Å². The van der Waals surface area contributed by atoms with Crippen LogP contribution in [0.5, 0.6) is 5.75 Å². The highest BCUT2D eigenvalue weighted by molar-refractivity contribution is 5.96. The van der Waals surface area contributed by atoms with E-state index in [1.807, 2.05) is 7.05 Å². The third kappa shape index (κ3) is 6.68. The van der Waals surface area contributed by atoms with Gasteiger partial charge in [0.05, 0.1) is 6.04 Å². The maximum Gasteiger partial charge on any atom is 0.422 e. The topological polar surface area (TPSA) is 72.5 Å². The molecule has 1 unspecified atom stereocenters. The van der Waals surface area contributed by atoms with Gasteiger partial charge in [0.1, 0.15) is 17.3 Å². The van der Waals surface area contributed by atoms with Gasteiger partial charge in [-0.15, -0.1) is 0 Å². The van der Waals surface area contributed by atoms with Gasteiger partial charge in [-0.1, -0.05) is 20.8 Å². The third-order valence-corrected chi connectivity index (χ3v) is 4.53. The van der Waals surface area contributed by atoms with Gasteiger partial charge in [-0.05, 0) is 44.2 Å². The zero-order valence-electron chi connectivity index (χ0n) is 16.4. The zero-order valence-corrected chi connectivity index (χ0v) is 16.4. The smallest absolute Gasteiger partial charge is 0.422 e. The highest BCUT2D eigenvalue weighted by atomic mass is 19.4. The van der Waals surface area contributed by atoms with Crippen LogP contribution in [0.4, 0.5) is 13.2 Å². The molecule has 1 saturated carbocycles. The number of nitrogens with two attached hydrogens (primary N) is 1. The Kier molecular flexibility index (Phi) is 6.72. The van der Waals surface area contributed by atoms with Crippen molar-refractivity contribution in [2.75, 3.05) is 20.2 Å². The number of ether oxygens (including phenoxy) is 1. The lowest BCUT2D eigenvalue weighted by molar-refractivity contribution is -0.153. The number of pyridine rings is 1. The molecule has 3 N–H and O–H groups in total. The number of halogens is 3. The summed E-state index contributed by atoms with van der Waals surface area (Å²) in [6, 6.07) is 1.44. The first kappa shape index (κ1) is 21.5. The normalized spacial score (nSPS) is 17.1. The maximum absolute atomic E-state index is 12.6. The van der Waals surface area contributed by atoms with Gasteiger partial charge in [0.25, 0.3) is 0 Å². The van der Waals surface area contributed by atoms with Crippen LogP contribution in [0.1, 0.15) is 57.2 Å². The van der Waals surface area contributed by atoms with Crippen LogP contribution in [0.3, 0.4) is 0 Å². The lowest BCUT2D eigenvalue weighted by Crippen LogP contribution is -2.31. The quantitative estimate of drug-likeness (QED) is 0.529. The highest BCUT2D eigenvalue weighted by Gasteiger charge is 2.32. The SMILES string of the molecule is CNCCC(N=C(N)c1cc(OCC(F)(F)F)c(C2CC2)cn1)C(C)(C)C. The predicted octanol–water partition coefficient (Wildman–Crippen LogP) is 3.63. The second kappa shape index (κ2) is 8.46. The lowest BCUT2D eigenvalue weighted by Gasteiger charge is -2.27. The summed E-state index contributed by atoms with van der Waals surface area (Å²) < 4.78 is 42.8. The summed E-state index contributed by atoms with van der Waals surface area (Å²) in [4.78, 5) is 8.94. The summed E-state index contributed by atoms with van der Waals surface area (Å²) >= 11 is 0. The number of aliphatic imine (C=N–C) groups is 1. The van der Waals surface area contributed by atoms with Crippen molar-refractivity contribution in [2.24, 2.45) is 16.1 Å². The molecular formula is C19H29F3N4O. The van der Waals surface area contributed by atoms with Crippen LogP contribution in [-0.4, -0.2) is 43.2 Å². The van der Waals surface area contributed by atoms with Gasteiger partial charge in [-0.25, -0.2) is 0 Å². The number of aromatic nitrogens is 1. The Balaban J connectivity index is 2.27. The molecule has 27 heavy (non-hydrogen) atoms. The van der Waals surface area contributed by atoms with Crippen molar-refractivity contribution in [3.05, 3.63) is 23.5 Å². The van der Waals surface area contributed by atoms with Gasteiger partial charge in [-0.2, -0.15) is 13.2 Å². The first-order valence-electron chi connectivity index (χ1n) is 9.19. The first-order valence-corrected chi connectivity index (χ1v) is 9.19. The standard InChI is InChI=1S/C19H29F3N4O/c1-18(2,3)16(7-8-24-4)26-17(23)14-9-15(27-11-19(20,21)22)13(10-25-14)12-5-6-12/h9-10,12,16,24H,5-8,11H2,1-4H3,(H2,23,26). The van der Waals surface area contributed by atoms with Gasteiger partial charge in [-0.3, -0.25) is 9.98 Å². The van der Waals surface area contributed by atoms with Crippen LogP contribution >= 0.6 is 0 Å². The summed E-state index contributed by atoms with van der Waals surface area (Å²) in [6.45, 7) is 5.68. The summed E-state index contributed by atoms with van der Waals surface area (Å²) in [6.07, 6.45) is -0.167. The molecule has 1 aromatic heterocycles. The molecular weight excluding hydrogens is 357 g/mol. The second-order valence-corrected chi connectivity index (χ2v) is 8.07. The summed E-state index contributed by atoms with van der Waals surface area (Å²) in [7, 11) is 1.87. The number of rotatable bonds is 8. The van der Waals surface area contributed by atoms with E-state index < -0.39 is 12.8 Å². The molecule has 0 spiro atoms. The molecule has 0 aliphatic heterocycles. The molecule has 1 heterocycles. The number of nitrogens with one attached hydrogen (secondary N) is 1. The Morgan fingerprint density at radius 3 is 2.56 bits per heavy atom. The minimum absolute atomic E-state index is 0.0468. The van der Waals surface area contributed by atoms with Crippen molar-refractivity contribution in [3.63, 3.8) is 0 Å². The number of hydrogen-bond donors (Lipinski definition) is 2. The average molecular weight is 386 g/mol. The Bertz CT molecular complexity index is 664. The van der Waals surface area contributed by atoms with Crippen LogP contribution in [0.15, 0.2) is 17.3 Å². The van der Waals surface area contributed by atoms with Crippen molar-refractivity contribution in [3.8, 4) is 5.75 Å². The fourth-order valence-electron chi connectivity index (χ4n) is 2.78. The van der Waals surface area contributed by atoms with Crippen LogP contribution in [0.25, 0.3) is 0 Å². The number of amidine groups is 1. The molecule has 0 bridgehead atoms. The molecule has 0 radical (unpaired) electrons. The summed E-state index contributed by atoms with van der Waals surface area (Å²) in [5.41, 5.74) is 7.09. The summed E-state index contributed by atoms with van der Waals surface area (Å²) in [5, 5.41) is 3.10. The van der Waals surface area contributed by atoms with Crippen LogP contribution in [0.2, 0.25) is 0 Å². The van der Waals surface area contributed by atoms with Crippen molar-refractivity contribution in [2.45, 2.75) is 58.2 Å². The van der Waals surface area contributed by atoms with E-state index in [1.54, 1.807) is 6.20 Å². The molecule has 1 aliphatic carbocycles. The van der Waals surface area contributed by atoms with E-state index >= 15 is 0 Å². The monoisotopic (exact) mass is 386 g/mol. The van der Waals surface area contributed by atoms with E-state index in [0.717, 1.165) is 25.8 Å². The van der Waals surface area contributed by atoms with E-state index in [2.05, 4.69) is 36.1 Å². The molecule has 0 aromatic carbocycles. The van der Waals surface area contributed by atoms with Gasteiger partial charge >= 0.3 is 6.18 Å². The Morgan fingerprint density at radius 2 is 2.04 bits per heavy atom. The molecule has 2 rings (SSSR count). The summed E-state index contributed by atoms with van der Waals surface area (Å²) in [5.74, 6) is 0.622. The van der Waals surface area contributed by atoms with E-state index in [4.69, 9.17) is 10.5 Å². The fourth-order valence-corrected chi connectivity index (χ4v) is 2.78. The molecule has 0 saturated heterocycles. The Morgan fingerprint density at radius 1 is 1.37 bits per heavy atom. The largest absolute Gasteiger partial charge is 0.484 e. The molecule has 152 valence electrons. The number of alkyl halides is 3. The first-order chi connectivity index (χ1) is 12.5. The maximum atomic E-state index is 12.6. The van der Waals surface area contributed by atoms with Gasteiger partial charge in [0.2, 0.25) is 0 Å².